The molecule has 0 spiro atoms. The molecule has 21 heavy (non-hydrogen) atoms. The van der Waals surface area contributed by atoms with Crippen molar-refractivity contribution in [3.05, 3.63) is 65.0 Å². The smallest absolute Gasteiger partial charge is 0.313 e. The van der Waals surface area contributed by atoms with Crippen LogP contribution in [0, 0.1) is 6.92 Å². The number of likely N-dealkylation sites (N-methyl/N-ethyl adjacent to an activating group) is 1. The van der Waals surface area contributed by atoms with E-state index in [1.807, 2.05) is 13.0 Å². The van der Waals surface area contributed by atoms with Crippen LogP contribution in [0.5, 0.6) is 0 Å². The molecule has 0 radical (unpaired) electrons. The molecule has 1 heterocycles. The SMILES string of the molecule is CNC(Cc1cccc(C(F)(F)F)c1)c1ccncc1C. The summed E-state index contributed by atoms with van der Waals surface area (Å²) in [4.78, 5) is 4.04. The summed E-state index contributed by atoms with van der Waals surface area (Å²) in [7, 11) is 1.80. The van der Waals surface area contributed by atoms with E-state index in [9.17, 15) is 13.2 Å². The monoisotopic (exact) mass is 294 g/mol. The molecule has 0 aliphatic heterocycles. The molecule has 0 amide bonds. The first-order chi connectivity index (χ1) is 9.91. The van der Waals surface area contributed by atoms with E-state index >= 15 is 0 Å². The van der Waals surface area contributed by atoms with Gasteiger partial charge in [-0.05, 0) is 49.2 Å². The van der Waals surface area contributed by atoms with E-state index in [1.54, 1.807) is 25.5 Å². The molecule has 0 fully saturated rings. The summed E-state index contributed by atoms with van der Waals surface area (Å²) in [5.41, 5.74) is 2.11. The van der Waals surface area contributed by atoms with Gasteiger partial charge in [0.15, 0.2) is 0 Å². The topological polar surface area (TPSA) is 24.9 Å². The van der Waals surface area contributed by atoms with E-state index in [4.69, 9.17) is 0 Å². The molecule has 2 nitrogen and oxygen atoms in total. The molecule has 2 rings (SSSR count). The van der Waals surface area contributed by atoms with Crippen molar-refractivity contribution < 1.29 is 13.2 Å². The van der Waals surface area contributed by atoms with Gasteiger partial charge < -0.3 is 5.32 Å². The number of nitrogens with one attached hydrogen (secondary N) is 1. The van der Waals surface area contributed by atoms with Crippen molar-refractivity contribution in [3.63, 3.8) is 0 Å². The predicted octanol–water partition coefficient (Wildman–Crippen LogP) is 3.91. The van der Waals surface area contributed by atoms with Gasteiger partial charge in [-0.3, -0.25) is 4.98 Å². The number of aromatic nitrogens is 1. The first-order valence-electron chi connectivity index (χ1n) is 6.65. The molecule has 1 N–H and O–H groups in total. The minimum atomic E-state index is -4.31. The Kier molecular flexibility index (Phi) is 4.63. The lowest BCUT2D eigenvalue weighted by molar-refractivity contribution is -0.137. The number of hydrogen-bond acceptors (Lipinski definition) is 2. The van der Waals surface area contributed by atoms with Crippen molar-refractivity contribution in [3.8, 4) is 0 Å². The third kappa shape index (κ3) is 3.82. The maximum atomic E-state index is 12.8. The molecule has 5 heteroatoms. The minimum Gasteiger partial charge on any atom is -0.313 e. The number of nitrogens with zero attached hydrogens (tertiary/aromatic N) is 1. The quantitative estimate of drug-likeness (QED) is 0.924. The normalized spacial score (nSPS) is 13.2. The van der Waals surface area contributed by atoms with Gasteiger partial charge in [0.1, 0.15) is 0 Å². The van der Waals surface area contributed by atoms with Crippen LogP contribution in [-0.4, -0.2) is 12.0 Å². The Labute approximate surface area is 122 Å². The summed E-state index contributed by atoms with van der Waals surface area (Å²) < 4.78 is 38.3. The maximum Gasteiger partial charge on any atom is 0.416 e. The lowest BCUT2D eigenvalue weighted by Crippen LogP contribution is -2.20. The van der Waals surface area contributed by atoms with Crippen LogP contribution in [0.4, 0.5) is 13.2 Å². The standard InChI is InChI=1S/C16H17F3N2/c1-11-10-21-7-6-14(11)15(20-2)9-12-4-3-5-13(8-12)16(17,18)19/h3-8,10,15,20H,9H2,1-2H3. The zero-order valence-corrected chi connectivity index (χ0v) is 11.9. The summed E-state index contributed by atoms with van der Waals surface area (Å²) in [5, 5.41) is 3.16. The molecule has 1 aromatic carbocycles. The third-order valence-electron chi connectivity index (χ3n) is 3.48. The minimum absolute atomic E-state index is 0.0449. The lowest BCUT2D eigenvalue weighted by Gasteiger charge is -2.19. The van der Waals surface area contributed by atoms with Crippen molar-refractivity contribution >= 4 is 0 Å². The van der Waals surface area contributed by atoms with Gasteiger partial charge in [-0.1, -0.05) is 18.2 Å². The molecule has 2 aromatic rings. The van der Waals surface area contributed by atoms with Crippen molar-refractivity contribution in [2.45, 2.75) is 25.6 Å². The van der Waals surface area contributed by atoms with Crippen LogP contribution in [0.15, 0.2) is 42.7 Å². The molecule has 1 unspecified atom stereocenters. The van der Waals surface area contributed by atoms with E-state index < -0.39 is 11.7 Å². The van der Waals surface area contributed by atoms with Gasteiger partial charge in [-0.2, -0.15) is 13.2 Å². The Morgan fingerprint density at radius 1 is 1.24 bits per heavy atom. The Morgan fingerprint density at radius 3 is 2.62 bits per heavy atom. The molecule has 112 valence electrons. The van der Waals surface area contributed by atoms with E-state index in [0.717, 1.165) is 17.2 Å². The lowest BCUT2D eigenvalue weighted by atomic mass is 9.96. The average Bonchev–Trinajstić information content (AvgIpc) is 2.45. The maximum absolute atomic E-state index is 12.8. The van der Waals surface area contributed by atoms with Crippen molar-refractivity contribution in [2.24, 2.45) is 0 Å². The molecule has 0 saturated carbocycles. The number of rotatable bonds is 4. The zero-order valence-electron chi connectivity index (χ0n) is 11.9. The summed E-state index contributed by atoms with van der Waals surface area (Å²) in [6.45, 7) is 1.94. The Hall–Kier alpha value is -1.88. The Morgan fingerprint density at radius 2 is 2.00 bits per heavy atom. The van der Waals surface area contributed by atoms with E-state index in [-0.39, 0.29) is 6.04 Å². The Bertz CT molecular complexity index is 608. The molecule has 0 aliphatic carbocycles. The zero-order chi connectivity index (χ0) is 15.5. The van der Waals surface area contributed by atoms with Crippen molar-refractivity contribution in [1.29, 1.82) is 0 Å². The molecular formula is C16H17F3N2. The molecule has 0 saturated heterocycles. The van der Waals surface area contributed by atoms with Crippen LogP contribution in [0.3, 0.4) is 0 Å². The van der Waals surface area contributed by atoms with Gasteiger partial charge in [-0.15, -0.1) is 0 Å². The van der Waals surface area contributed by atoms with Crippen LogP contribution in [0.25, 0.3) is 0 Å². The highest BCUT2D eigenvalue weighted by atomic mass is 19.4. The largest absolute Gasteiger partial charge is 0.416 e. The number of benzene rings is 1. The van der Waals surface area contributed by atoms with Crippen molar-refractivity contribution in [1.82, 2.24) is 10.3 Å². The fourth-order valence-electron chi connectivity index (χ4n) is 2.35. The van der Waals surface area contributed by atoms with Gasteiger partial charge in [0.05, 0.1) is 5.56 Å². The number of hydrogen-bond donors (Lipinski definition) is 1. The second kappa shape index (κ2) is 6.26. The summed E-state index contributed by atoms with van der Waals surface area (Å²) in [5.74, 6) is 0. The first kappa shape index (κ1) is 15.5. The average molecular weight is 294 g/mol. The van der Waals surface area contributed by atoms with Crippen LogP contribution in [0.2, 0.25) is 0 Å². The molecule has 1 aromatic heterocycles. The highest BCUT2D eigenvalue weighted by molar-refractivity contribution is 5.30. The number of pyridine rings is 1. The number of aryl methyl sites for hydroxylation is 1. The second-order valence-corrected chi connectivity index (χ2v) is 4.98. The summed E-state index contributed by atoms with van der Waals surface area (Å²) in [6.07, 6.45) is -0.367. The Balaban J connectivity index is 2.26. The molecule has 0 aliphatic rings. The molecule has 1 atom stereocenters. The van der Waals surface area contributed by atoms with Crippen LogP contribution in [0.1, 0.15) is 28.3 Å². The molecular weight excluding hydrogens is 277 g/mol. The van der Waals surface area contributed by atoms with E-state index in [0.29, 0.717) is 12.0 Å². The molecule has 0 bridgehead atoms. The number of halogens is 3. The van der Waals surface area contributed by atoms with E-state index in [1.165, 1.54) is 12.1 Å². The number of alkyl halides is 3. The summed E-state index contributed by atoms with van der Waals surface area (Å²) in [6, 6.07) is 7.32. The van der Waals surface area contributed by atoms with E-state index in [2.05, 4.69) is 10.3 Å². The van der Waals surface area contributed by atoms with Crippen LogP contribution < -0.4 is 5.32 Å². The highest BCUT2D eigenvalue weighted by Gasteiger charge is 2.30. The van der Waals surface area contributed by atoms with Gasteiger partial charge in [-0.25, -0.2) is 0 Å². The fourth-order valence-corrected chi connectivity index (χ4v) is 2.35. The fraction of sp³-hybridized carbons (Fsp3) is 0.312. The van der Waals surface area contributed by atoms with Crippen LogP contribution in [-0.2, 0) is 12.6 Å². The summed E-state index contributed by atoms with van der Waals surface area (Å²) >= 11 is 0. The van der Waals surface area contributed by atoms with Crippen LogP contribution >= 0.6 is 0 Å². The van der Waals surface area contributed by atoms with Gasteiger partial charge in [0.25, 0.3) is 0 Å². The predicted molar refractivity (Wildman–Crippen MR) is 75.9 cm³/mol. The second-order valence-electron chi connectivity index (χ2n) is 4.98. The first-order valence-corrected chi connectivity index (χ1v) is 6.65. The third-order valence-corrected chi connectivity index (χ3v) is 3.48. The van der Waals surface area contributed by atoms with Gasteiger partial charge in [0.2, 0.25) is 0 Å². The highest BCUT2D eigenvalue weighted by Crippen LogP contribution is 2.30. The van der Waals surface area contributed by atoms with Gasteiger partial charge in [0, 0.05) is 18.4 Å². The van der Waals surface area contributed by atoms with Crippen molar-refractivity contribution in [2.75, 3.05) is 7.05 Å². The van der Waals surface area contributed by atoms with Gasteiger partial charge >= 0.3 is 6.18 Å².